The van der Waals surface area contributed by atoms with Crippen molar-refractivity contribution in [1.29, 1.82) is 0 Å². The standard InChI is InChI=1S/C19H31P.BrH/c1-17(2)13-9-7-5-3-4-6-8-10-14-18-15-11-12-16-19(18)20;/h9,11-13,15-17H,3-8,10,14,20H2,1-2H3;1H. The van der Waals surface area contributed by atoms with Gasteiger partial charge in [0.2, 0.25) is 0 Å². The monoisotopic (exact) mass is 370 g/mol. The average Bonchev–Trinajstić information content (AvgIpc) is 2.42. The fraction of sp³-hybridized carbons (Fsp3) is 0.579. The molecule has 120 valence electrons. The molecule has 2 heteroatoms. The maximum absolute atomic E-state index is 2.84. The fourth-order valence-corrected chi connectivity index (χ4v) is 2.77. The number of halogens is 1. The van der Waals surface area contributed by atoms with Crippen molar-refractivity contribution >= 4 is 31.5 Å². The maximum atomic E-state index is 2.84. The van der Waals surface area contributed by atoms with Gasteiger partial charge in [0.05, 0.1) is 0 Å². The minimum absolute atomic E-state index is 0. The van der Waals surface area contributed by atoms with Gasteiger partial charge in [-0.3, -0.25) is 0 Å². The molecule has 0 aliphatic carbocycles. The summed E-state index contributed by atoms with van der Waals surface area (Å²) in [5, 5.41) is 1.37. The Morgan fingerprint density at radius 1 is 0.952 bits per heavy atom. The van der Waals surface area contributed by atoms with Gasteiger partial charge in [0.15, 0.2) is 0 Å². The molecule has 0 aromatic heterocycles. The van der Waals surface area contributed by atoms with Crippen LogP contribution in [0.4, 0.5) is 0 Å². The molecule has 0 heterocycles. The lowest BCUT2D eigenvalue weighted by Crippen LogP contribution is -2.00. The molecule has 0 fully saturated rings. The zero-order valence-corrected chi connectivity index (χ0v) is 16.6. The Labute approximate surface area is 144 Å². The Bertz CT molecular complexity index is 385. The normalized spacial score (nSPS) is 11.0. The van der Waals surface area contributed by atoms with Gasteiger partial charge in [0, 0.05) is 0 Å². The lowest BCUT2D eigenvalue weighted by atomic mass is 10.0. The van der Waals surface area contributed by atoms with Gasteiger partial charge in [-0.15, -0.1) is 26.2 Å². The van der Waals surface area contributed by atoms with Crippen LogP contribution in [0.3, 0.4) is 0 Å². The van der Waals surface area contributed by atoms with Crippen molar-refractivity contribution in [3.05, 3.63) is 42.0 Å². The highest BCUT2D eigenvalue weighted by Crippen LogP contribution is 2.11. The van der Waals surface area contributed by atoms with Crippen molar-refractivity contribution in [2.75, 3.05) is 0 Å². The van der Waals surface area contributed by atoms with Crippen molar-refractivity contribution in [2.24, 2.45) is 5.92 Å². The van der Waals surface area contributed by atoms with Crippen molar-refractivity contribution in [1.82, 2.24) is 0 Å². The second-order valence-corrected chi connectivity index (χ2v) is 6.65. The van der Waals surface area contributed by atoms with Crippen molar-refractivity contribution in [3.8, 4) is 0 Å². The predicted molar refractivity (Wildman–Crippen MR) is 106 cm³/mol. The fourth-order valence-electron chi connectivity index (χ4n) is 2.42. The quantitative estimate of drug-likeness (QED) is 0.259. The van der Waals surface area contributed by atoms with Gasteiger partial charge in [0.25, 0.3) is 0 Å². The summed E-state index contributed by atoms with van der Waals surface area (Å²) in [5.74, 6) is 0.703. The second-order valence-electron chi connectivity index (χ2n) is 6.03. The van der Waals surface area contributed by atoms with Crippen LogP contribution in [0.25, 0.3) is 0 Å². The Balaban J connectivity index is 0.00000400. The third kappa shape index (κ3) is 11.1. The third-order valence-electron chi connectivity index (χ3n) is 3.64. The summed E-state index contributed by atoms with van der Waals surface area (Å²) < 4.78 is 0. The van der Waals surface area contributed by atoms with E-state index >= 15 is 0 Å². The van der Waals surface area contributed by atoms with Crippen LogP contribution in [0.5, 0.6) is 0 Å². The summed E-state index contributed by atoms with van der Waals surface area (Å²) in [6.45, 7) is 4.48. The van der Waals surface area contributed by atoms with E-state index < -0.39 is 0 Å². The molecular weight excluding hydrogens is 339 g/mol. The van der Waals surface area contributed by atoms with Gasteiger partial charge in [-0.05, 0) is 42.5 Å². The van der Waals surface area contributed by atoms with Crippen LogP contribution < -0.4 is 5.30 Å². The van der Waals surface area contributed by atoms with Crippen LogP contribution in [0.1, 0.15) is 64.4 Å². The largest absolute Gasteiger partial charge is 0.114 e. The van der Waals surface area contributed by atoms with E-state index in [2.05, 4.69) is 59.5 Å². The molecule has 1 unspecified atom stereocenters. The van der Waals surface area contributed by atoms with Gasteiger partial charge in [-0.2, -0.15) is 0 Å². The summed E-state index contributed by atoms with van der Waals surface area (Å²) in [6.07, 6.45) is 15.4. The van der Waals surface area contributed by atoms with Gasteiger partial charge >= 0.3 is 0 Å². The molecule has 21 heavy (non-hydrogen) atoms. The zero-order chi connectivity index (χ0) is 14.6. The van der Waals surface area contributed by atoms with Gasteiger partial charge in [0.1, 0.15) is 0 Å². The highest BCUT2D eigenvalue weighted by Gasteiger charge is 1.97. The Morgan fingerprint density at radius 2 is 1.57 bits per heavy atom. The van der Waals surface area contributed by atoms with E-state index in [1.807, 2.05) is 0 Å². The Morgan fingerprint density at radius 3 is 2.24 bits per heavy atom. The average molecular weight is 371 g/mol. The van der Waals surface area contributed by atoms with Crippen LogP contribution >= 0.6 is 26.2 Å². The van der Waals surface area contributed by atoms with E-state index in [1.165, 1.54) is 62.2 Å². The number of rotatable bonds is 10. The van der Waals surface area contributed by atoms with Crippen LogP contribution in [0.15, 0.2) is 36.4 Å². The molecule has 0 saturated carbocycles. The van der Waals surface area contributed by atoms with Crippen molar-refractivity contribution in [2.45, 2.75) is 65.2 Å². The molecule has 1 aromatic rings. The lowest BCUT2D eigenvalue weighted by molar-refractivity contribution is 0.596. The van der Waals surface area contributed by atoms with Crippen LogP contribution in [0, 0.1) is 5.92 Å². The first-order chi connectivity index (χ1) is 9.70. The number of allylic oxidation sites excluding steroid dienone is 2. The Kier molecular flexibility index (Phi) is 13.4. The molecule has 0 N–H and O–H groups in total. The van der Waals surface area contributed by atoms with Crippen molar-refractivity contribution in [3.63, 3.8) is 0 Å². The number of aryl methyl sites for hydroxylation is 1. The molecular formula is C19H32BrP. The molecule has 0 aliphatic heterocycles. The van der Waals surface area contributed by atoms with E-state index in [0.29, 0.717) is 5.92 Å². The molecule has 0 spiro atoms. The Hall–Kier alpha value is -0.130. The highest BCUT2D eigenvalue weighted by atomic mass is 79.9. The minimum Gasteiger partial charge on any atom is -0.114 e. The molecule has 0 saturated heterocycles. The molecule has 1 rings (SSSR count). The second kappa shape index (κ2) is 13.5. The zero-order valence-electron chi connectivity index (χ0n) is 13.7. The molecule has 0 nitrogen and oxygen atoms in total. The third-order valence-corrected chi connectivity index (χ3v) is 4.21. The van der Waals surface area contributed by atoms with Gasteiger partial charge < -0.3 is 0 Å². The first-order valence-corrected chi connectivity index (χ1v) is 8.78. The maximum Gasteiger partial charge on any atom is -0.0271 e. The van der Waals surface area contributed by atoms with Gasteiger partial charge in [-0.25, -0.2) is 0 Å². The van der Waals surface area contributed by atoms with Crippen LogP contribution in [0.2, 0.25) is 0 Å². The number of unbranched alkanes of at least 4 members (excludes halogenated alkanes) is 6. The van der Waals surface area contributed by atoms with E-state index in [1.54, 1.807) is 0 Å². The molecule has 1 aromatic carbocycles. The van der Waals surface area contributed by atoms with Crippen LogP contribution in [-0.2, 0) is 6.42 Å². The molecule has 0 radical (unpaired) electrons. The number of hydrogen-bond acceptors (Lipinski definition) is 0. The summed E-state index contributed by atoms with van der Waals surface area (Å²) in [6, 6.07) is 8.70. The predicted octanol–water partition coefficient (Wildman–Crippen LogP) is 6.25. The van der Waals surface area contributed by atoms with Crippen LogP contribution in [-0.4, -0.2) is 0 Å². The molecule has 0 bridgehead atoms. The minimum atomic E-state index is 0. The highest BCUT2D eigenvalue weighted by molar-refractivity contribution is 8.93. The molecule has 0 aliphatic rings. The first-order valence-electron chi connectivity index (χ1n) is 8.20. The summed E-state index contributed by atoms with van der Waals surface area (Å²) in [7, 11) is 2.84. The topological polar surface area (TPSA) is 0 Å². The van der Waals surface area contributed by atoms with Gasteiger partial charge in [-0.1, -0.05) is 75.9 Å². The molecule has 0 amide bonds. The summed E-state index contributed by atoms with van der Waals surface area (Å²) >= 11 is 0. The SMILES string of the molecule is Br.CC(C)C=CCCCCCCCCc1ccccc1P. The summed E-state index contributed by atoms with van der Waals surface area (Å²) in [4.78, 5) is 0. The van der Waals surface area contributed by atoms with E-state index in [4.69, 9.17) is 0 Å². The van der Waals surface area contributed by atoms with E-state index in [0.717, 1.165) is 0 Å². The lowest BCUT2D eigenvalue weighted by Gasteiger charge is -2.05. The smallest absolute Gasteiger partial charge is 0.0271 e. The van der Waals surface area contributed by atoms with E-state index in [9.17, 15) is 0 Å². The van der Waals surface area contributed by atoms with E-state index in [-0.39, 0.29) is 17.0 Å². The molecule has 1 atom stereocenters. The van der Waals surface area contributed by atoms with Crippen molar-refractivity contribution < 1.29 is 0 Å². The summed E-state index contributed by atoms with van der Waals surface area (Å²) in [5.41, 5.74) is 1.50. The first kappa shape index (κ1) is 20.9. The number of hydrogen-bond donors (Lipinski definition) is 0. The number of benzene rings is 1.